The molecular weight excluding hydrogens is 246 g/mol. The van der Waals surface area contributed by atoms with E-state index in [1.165, 1.54) is 11.1 Å². The fraction of sp³-hybridized carbons (Fsp3) is 0.722. The Kier molecular flexibility index (Phi) is 8.52. The number of allylic oxidation sites excluding steroid dienone is 3. The molecule has 0 atom stereocenters. The monoisotopic (exact) mass is 279 g/mol. The van der Waals surface area contributed by atoms with Gasteiger partial charge in [-0.15, -0.1) is 0 Å². The van der Waals surface area contributed by atoms with E-state index in [-0.39, 0.29) is 11.4 Å². The summed E-state index contributed by atoms with van der Waals surface area (Å²) in [6.07, 6.45) is 8.18. The first-order valence-electron chi connectivity index (χ1n) is 7.78. The summed E-state index contributed by atoms with van der Waals surface area (Å²) in [5.41, 5.74) is 2.62. The zero-order valence-electron chi connectivity index (χ0n) is 14.5. The van der Waals surface area contributed by atoms with Crippen LogP contribution in [-0.4, -0.2) is 22.9 Å². The van der Waals surface area contributed by atoms with Crippen molar-refractivity contribution < 1.29 is 4.79 Å². The average Bonchev–Trinajstić information content (AvgIpc) is 2.27. The predicted molar refractivity (Wildman–Crippen MR) is 88.8 cm³/mol. The number of carbonyl (C=O) groups is 1. The molecule has 0 aromatic heterocycles. The summed E-state index contributed by atoms with van der Waals surface area (Å²) in [7, 11) is 0. The topological polar surface area (TPSA) is 20.3 Å². The van der Waals surface area contributed by atoms with E-state index in [9.17, 15) is 4.79 Å². The van der Waals surface area contributed by atoms with Crippen LogP contribution in [0.2, 0.25) is 0 Å². The maximum Gasteiger partial charge on any atom is 0.223 e. The van der Waals surface area contributed by atoms with Crippen molar-refractivity contribution in [3.8, 4) is 0 Å². The Bertz CT molecular complexity index is 354. The highest BCUT2D eigenvalue weighted by atomic mass is 16.2. The molecule has 0 saturated heterocycles. The molecule has 0 bridgehead atoms. The third-order valence-corrected chi connectivity index (χ3v) is 3.29. The highest BCUT2D eigenvalue weighted by molar-refractivity contribution is 5.77. The van der Waals surface area contributed by atoms with E-state index in [1.807, 2.05) is 4.90 Å². The normalized spacial score (nSPS) is 12.2. The van der Waals surface area contributed by atoms with Gasteiger partial charge >= 0.3 is 0 Å². The fourth-order valence-electron chi connectivity index (χ4n) is 2.04. The lowest BCUT2D eigenvalue weighted by atomic mass is 10.0. The van der Waals surface area contributed by atoms with Gasteiger partial charge in [0.2, 0.25) is 5.91 Å². The van der Waals surface area contributed by atoms with Gasteiger partial charge < -0.3 is 4.90 Å². The van der Waals surface area contributed by atoms with Gasteiger partial charge in [-0.3, -0.25) is 4.79 Å². The van der Waals surface area contributed by atoms with Crippen LogP contribution < -0.4 is 0 Å². The molecule has 2 heteroatoms. The summed E-state index contributed by atoms with van der Waals surface area (Å²) in [6, 6.07) is 0. The van der Waals surface area contributed by atoms with E-state index in [2.05, 4.69) is 60.6 Å². The Hall–Kier alpha value is -1.05. The lowest BCUT2D eigenvalue weighted by Gasteiger charge is -2.35. The molecule has 2 nitrogen and oxygen atoms in total. The van der Waals surface area contributed by atoms with Crippen LogP contribution in [0.1, 0.15) is 74.1 Å². The molecule has 116 valence electrons. The second-order valence-corrected chi connectivity index (χ2v) is 6.80. The van der Waals surface area contributed by atoms with Crippen molar-refractivity contribution in [1.82, 2.24) is 4.90 Å². The molecule has 20 heavy (non-hydrogen) atoms. The summed E-state index contributed by atoms with van der Waals surface area (Å²) in [4.78, 5) is 14.2. The third kappa shape index (κ3) is 8.19. The van der Waals surface area contributed by atoms with Crippen molar-refractivity contribution in [1.29, 1.82) is 0 Å². The second kappa shape index (κ2) is 8.99. The molecule has 0 unspecified atom stereocenters. The highest BCUT2D eigenvalue weighted by Gasteiger charge is 2.24. The van der Waals surface area contributed by atoms with E-state index in [0.717, 1.165) is 25.8 Å². The molecule has 0 radical (unpaired) electrons. The molecule has 0 aliphatic rings. The van der Waals surface area contributed by atoms with Crippen LogP contribution in [0.15, 0.2) is 23.3 Å². The van der Waals surface area contributed by atoms with Gasteiger partial charge in [0.1, 0.15) is 0 Å². The first kappa shape index (κ1) is 18.9. The molecule has 0 spiro atoms. The summed E-state index contributed by atoms with van der Waals surface area (Å²) < 4.78 is 0. The minimum absolute atomic E-state index is 0.108. The highest BCUT2D eigenvalue weighted by Crippen LogP contribution is 2.16. The summed E-state index contributed by atoms with van der Waals surface area (Å²) >= 11 is 0. The molecule has 0 fully saturated rings. The van der Waals surface area contributed by atoms with Gasteiger partial charge in [0, 0.05) is 18.5 Å². The minimum atomic E-state index is -0.108. The van der Waals surface area contributed by atoms with Crippen LogP contribution in [-0.2, 0) is 4.79 Å². The molecule has 0 saturated carbocycles. The van der Waals surface area contributed by atoms with Gasteiger partial charge in [-0.1, -0.05) is 30.2 Å². The molecule has 0 rings (SSSR count). The van der Waals surface area contributed by atoms with Crippen molar-refractivity contribution >= 4 is 5.91 Å². The first-order chi connectivity index (χ1) is 9.18. The Morgan fingerprint density at radius 3 is 2.10 bits per heavy atom. The fourth-order valence-corrected chi connectivity index (χ4v) is 2.04. The van der Waals surface area contributed by atoms with Crippen LogP contribution in [0.5, 0.6) is 0 Å². The largest absolute Gasteiger partial charge is 0.334 e. The van der Waals surface area contributed by atoms with Crippen molar-refractivity contribution in [2.45, 2.75) is 79.7 Å². The zero-order valence-corrected chi connectivity index (χ0v) is 14.5. The van der Waals surface area contributed by atoms with E-state index in [0.29, 0.717) is 6.42 Å². The van der Waals surface area contributed by atoms with Gasteiger partial charge in [-0.2, -0.15) is 0 Å². The van der Waals surface area contributed by atoms with E-state index in [1.54, 1.807) is 0 Å². The predicted octanol–water partition coefficient (Wildman–Crippen LogP) is 5.11. The van der Waals surface area contributed by atoms with Crippen molar-refractivity contribution in [3.63, 3.8) is 0 Å². The zero-order chi connectivity index (χ0) is 15.8. The van der Waals surface area contributed by atoms with Crippen LogP contribution >= 0.6 is 0 Å². The van der Waals surface area contributed by atoms with Crippen molar-refractivity contribution in [3.05, 3.63) is 23.3 Å². The van der Waals surface area contributed by atoms with E-state index < -0.39 is 0 Å². The molecular formula is C18H33NO. The standard InChI is InChI=1S/C18H33NO/c1-8-10-17(20)19(18(5,6)7)14-13-16(4)12-9-11-15(2)3/h11,13H,8-10,12,14H2,1-7H3/b16-13+. The minimum Gasteiger partial charge on any atom is -0.334 e. The number of carbonyl (C=O) groups excluding carboxylic acids is 1. The summed E-state index contributed by atoms with van der Waals surface area (Å²) in [5.74, 6) is 0.258. The molecule has 0 aliphatic heterocycles. The quantitative estimate of drug-likeness (QED) is 0.593. The Morgan fingerprint density at radius 1 is 1.05 bits per heavy atom. The number of hydrogen-bond donors (Lipinski definition) is 0. The second-order valence-electron chi connectivity index (χ2n) is 6.80. The average molecular weight is 279 g/mol. The Balaban J connectivity index is 4.59. The van der Waals surface area contributed by atoms with Gasteiger partial charge in [-0.25, -0.2) is 0 Å². The smallest absolute Gasteiger partial charge is 0.223 e. The van der Waals surface area contributed by atoms with Crippen molar-refractivity contribution in [2.24, 2.45) is 0 Å². The first-order valence-corrected chi connectivity index (χ1v) is 7.78. The van der Waals surface area contributed by atoms with Gasteiger partial charge in [0.25, 0.3) is 0 Å². The van der Waals surface area contributed by atoms with Gasteiger partial charge in [-0.05, 0) is 60.8 Å². The lowest BCUT2D eigenvalue weighted by molar-refractivity contribution is -0.135. The molecule has 1 amide bonds. The summed E-state index contributed by atoms with van der Waals surface area (Å²) in [6.45, 7) is 15.5. The van der Waals surface area contributed by atoms with Crippen LogP contribution in [0.25, 0.3) is 0 Å². The van der Waals surface area contributed by atoms with Crippen LogP contribution in [0.4, 0.5) is 0 Å². The molecule has 0 aromatic rings. The number of hydrogen-bond acceptors (Lipinski definition) is 1. The maximum absolute atomic E-state index is 12.2. The maximum atomic E-state index is 12.2. The Labute approximate surface area is 125 Å². The molecule has 0 aliphatic carbocycles. The number of amides is 1. The number of nitrogens with zero attached hydrogens (tertiary/aromatic N) is 1. The molecule has 0 aromatic carbocycles. The van der Waals surface area contributed by atoms with E-state index >= 15 is 0 Å². The Morgan fingerprint density at radius 2 is 1.65 bits per heavy atom. The number of rotatable bonds is 7. The van der Waals surface area contributed by atoms with Crippen LogP contribution in [0.3, 0.4) is 0 Å². The lowest BCUT2D eigenvalue weighted by Crippen LogP contribution is -2.45. The van der Waals surface area contributed by atoms with E-state index in [4.69, 9.17) is 0 Å². The molecule has 0 heterocycles. The third-order valence-electron chi connectivity index (χ3n) is 3.29. The molecule has 0 N–H and O–H groups in total. The van der Waals surface area contributed by atoms with Gasteiger partial charge in [0.15, 0.2) is 0 Å². The van der Waals surface area contributed by atoms with Crippen LogP contribution in [0, 0.1) is 0 Å². The SMILES string of the molecule is CCCC(=O)N(C/C=C(\C)CCC=C(C)C)C(C)(C)C. The van der Waals surface area contributed by atoms with Gasteiger partial charge in [0.05, 0.1) is 0 Å². The summed E-state index contributed by atoms with van der Waals surface area (Å²) in [5, 5.41) is 0. The van der Waals surface area contributed by atoms with Crippen molar-refractivity contribution in [2.75, 3.05) is 6.54 Å².